The minimum absolute atomic E-state index is 0.0470. The van der Waals surface area contributed by atoms with Crippen LogP contribution < -0.4 is 5.32 Å². The minimum atomic E-state index is -3.41. The van der Waals surface area contributed by atoms with Crippen molar-refractivity contribution in [2.75, 3.05) is 11.1 Å². The van der Waals surface area contributed by atoms with E-state index in [0.29, 0.717) is 5.69 Å². The smallest absolute Gasteiger partial charge is 0.322 e. The molecule has 1 N–H and O–H groups in total. The van der Waals surface area contributed by atoms with Gasteiger partial charge in [-0.05, 0) is 38.1 Å². The summed E-state index contributed by atoms with van der Waals surface area (Å²) < 4.78 is 31.2. The Labute approximate surface area is 156 Å². The molecule has 0 aliphatic carbocycles. The standard InChI is InChI=1S/C17H19N5O4S/c1-4-27(24,25)13-7-5-6-12(10-13)15(23)19-17-21-20-16(26-17)14-8-9-18-22(14)11(2)3/h5-11H,4H2,1-3H3,(H,19,21,23). The van der Waals surface area contributed by atoms with Gasteiger partial charge in [0, 0.05) is 17.8 Å². The first-order valence-corrected chi connectivity index (χ1v) is 9.98. The van der Waals surface area contributed by atoms with E-state index in [-0.39, 0.29) is 34.2 Å². The van der Waals surface area contributed by atoms with Crippen LogP contribution in [0.2, 0.25) is 0 Å². The molecule has 2 aromatic heterocycles. The molecule has 142 valence electrons. The first-order chi connectivity index (χ1) is 12.8. The van der Waals surface area contributed by atoms with Gasteiger partial charge in [0.05, 0.1) is 10.6 Å². The summed E-state index contributed by atoms with van der Waals surface area (Å²) in [5, 5.41) is 14.4. The van der Waals surface area contributed by atoms with Crippen molar-refractivity contribution in [3.05, 3.63) is 42.1 Å². The summed E-state index contributed by atoms with van der Waals surface area (Å²) in [6.07, 6.45) is 1.62. The third-order valence-electron chi connectivity index (χ3n) is 3.86. The van der Waals surface area contributed by atoms with Crippen LogP contribution >= 0.6 is 0 Å². The van der Waals surface area contributed by atoms with E-state index in [1.54, 1.807) is 23.9 Å². The minimum Gasteiger partial charge on any atom is -0.401 e. The van der Waals surface area contributed by atoms with E-state index in [1.165, 1.54) is 24.3 Å². The van der Waals surface area contributed by atoms with Gasteiger partial charge in [0.2, 0.25) is 0 Å². The van der Waals surface area contributed by atoms with Gasteiger partial charge in [-0.3, -0.25) is 14.8 Å². The third-order valence-corrected chi connectivity index (χ3v) is 5.59. The number of carbonyl (C=O) groups is 1. The molecule has 2 heterocycles. The number of nitrogens with zero attached hydrogens (tertiary/aromatic N) is 4. The van der Waals surface area contributed by atoms with Gasteiger partial charge < -0.3 is 4.42 Å². The molecule has 3 aromatic rings. The average Bonchev–Trinajstić information content (AvgIpc) is 3.30. The molecule has 10 heteroatoms. The number of benzene rings is 1. The van der Waals surface area contributed by atoms with Gasteiger partial charge in [0.15, 0.2) is 9.84 Å². The molecule has 9 nitrogen and oxygen atoms in total. The van der Waals surface area contributed by atoms with E-state index >= 15 is 0 Å². The fourth-order valence-electron chi connectivity index (χ4n) is 2.44. The van der Waals surface area contributed by atoms with Crippen LogP contribution in [0.4, 0.5) is 6.01 Å². The maximum absolute atomic E-state index is 12.4. The molecule has 0 bridgehead atoms. The van der Waals surface area contributed by atoms with Gasteiger partial charge in [0.1, 0.15) is 5.69 Å². The van der Waals surface area contributed by atoms with Crippen molar-refractivity contribution < 1.29 is 17.6 Å². The number of nitrogens with one attached hydrogen (secondary N) is 1. The van der Waals surface area contributed by atoms with Gasteiger partial charge in [0.25, 0.3) is 11.8 Å². The molecule has 27 heavy (non-hydrogen) atoms. The molecule has 0 aliphatic rings. The van der Waals surface area contributed by atoms with Crippen molar-refractivity contribution >= 4 is 21.8 Å². The van der Waals surface area contributed by atoms with Crippen molar-refractivity contribution in [2.45, 2.75) is 31.7 Å². The number of amides is 1. The van der Waals surface area contributed by atoms with E-state index in [1.807, 2.05) is 13.8 Å². The summed E-state index contributed by atoms with van der Waals surface area (Å²) in [7, 11) is -3.41. The molecule has 0 saturated heterocycles. The van der Waals surface area contributed by atoms with Crippen LogP contribution in [0.1, 0.15) is 37.2 Å². The summed E-state index contributed by atoms with van der Waals surface area (Å²) in [6, 6.07) is 7.54. The molecule has 1 aromatic carbocycles. The van der Waals surface area contributed by atoms with Crippen LogP contribution in [0.25, 0.3) is 11.6 Å². The van der Waals surface area contributed by atoms with Gasteiger partial charge in [-0.2, -0.15) is 5.10 Å². The van der Waals surface area contributed by atoms with E-state index in [9.17, 15) is 13.2 Å². The second-order valence-corrected chi connectivity index (χ2v) is 8.33. The van der Waals surface area contributed by atoms with E-state index in [0.717, 1.165) is 0 Å². The summed E-state index contributed by atoms with van der Waals surface area (Å²) in [6.45, 7) is 5.48. The highest BCUT2D eigenvalue weighted by molar-refractivity contribution is 7.91. The zero-order valence-electron chi connectivity index (χ0n) is 15.1. The molecule has 1 amide bonds. The van der Waals surface area contributed by atoms with Gasteiger partial charge in [-0.15, -0.1) is 5.10 Å². The SMILES string of the molecule is CCS(=O)(=O)c1cccc(C(=O)Nc2nnc(-c3ccnn3C(C)C)o2)c1. The molecular formula is C17H19N5O4S. The van der Waals surface area contributed by atoms with Crippen LogP contribution in [-0.4, -0.2) is 40.1 Å². The summed E-state index contributed by atoms with van der Waals surface area (Å²) in [4.78, 5) is 12.5. The molecule has 0 atom stereocenters. The Morgan fingerprint density at radius 3 is 2.74 bits per heavy atom. The predicted molar refractivity (Wildman–Crippen MR) is 98.0 cm³/mol. The maximum atomic E-state index is 12.4. The van der Waals surface area contributed by atoms with Gasteiger partial charge in [-0.1, -0.05) is 18.1 Å². The lowest BCUT2D eigenvalue weighted by molar-refractivity contribution is 0.102. The van der Waals surface area contributed by atoms with Crippen molar-refractivity contribution in [3.63, 3.8) is 0 Å². The van der Waals surface area contributed by atoms with Crippen molar-refractivity contribution in [3.8, 4) is 11.6 Å². The largest absolute Gasteiger partial charge is 0.401 e. The van der Waals surface area contributed by atoms with E-state index < -0.39 is 15.7 Å². The number of aromatic nitrogens is 4. The van der Waals surface area contributed by atoms with E-state index in [4.69, 9.17) is 4.42 Å². The molecular weight excluding hydrogens is 370 g/mol. The average molecular weight is 389 g/mol. The quantitative estimate of drug-likeness (QED) is 0.688. The highest BCUT2D eigenvalue weighted by atomic mass is 32.2. The zero-order chi connectivity index (χ0) is 19.6. The fourth-order valence-corrected chi connectivity index (χ4v) is 3.36. The molecule has 0 aliphatic heterocycles. The van der Waals surface area contributed by atoms with Gasteiger partial charge in [-0.25, -0.2) is 8.42 Å². The lowest BCUT2D eigenvalue weighted by Crippen LogP contribution is -2.13. The van der Waals surface area contributed by atoms with Crippen LogP contribution in [0.15, 0.2) is 45.8 Å². The normalized spacial score (nSPS) is 11.7. The lowest BCUT2D eigenvalue weighted by Gasteiger charge is -2.07. The maximum Gasteiger partial charge on any atom is 0.322 e. The molecule has 0 fully saturated rings. The zero-order valence-corrected chi connectivity index (χ0v) is 15.9. The topological polar surface area (TPSA) is 120 Å². The summed E-state index contributed by atoms with van der Waals surface area (Å²) in [5.41, 5.74) is 0.811. The highest BCUT2D eigenvalue weighted by Gasteiger charge is 2.18. The Hall–Kier alpha value is -3.01. The highest BCUT2D eigenvalue weighted by Crippen LogP contribution is 2.22. The number of carbonyl (C=O) groups excluding carboxylic acids is 1. The Bertz CT molecular complexity index is 1070. The third kappa shape index (κ3) is 3.90. The number of anilines is 1. The number of rotatable bonds is 6. The van der Waals surface area contributed by atoms with Gasteiger partial charge >= 0.3 is 6.01 Å². The van der Waals surface area contributed by atoms with Crippen LogP contribution in [0.3, 0.4) is 0 Å². The van der Waals surface area contributed by atoms with Crippen LogP contribution in [0.5, 0.6) is 0 Å². The van der Waals surface area contributed by atoms with Crippen molar-refractivity contribution in [1.29, 1.82) is 0 Å². The number of hydrogen-bond donors (Lipinski definition) is 1. The van der Waals surface area contributed by atoms with Crippen molar-refractivity contribution in [2.24, 2.45) is 0 Å². The summed E-state index contributed by atoms with van der Waals surface area (Å²) in [5.74, 6) is -0.372. The molecule has 0 saturated carbocycles. The Morgan fingerprint density at radius 1 is 1.26 bits per heavy atom. The lowest BCUT2D eigenvalue weighted by atomic mass is 10.2. The fraction of sp³-hybridized carbons (Fsp3) is 0.294. The second kappa shape index (κ2) is 7.31. The first-order valence-electron chi connectivity index (χ1n) is 8.33. The molecule has 0 radical (unpaired) electrons. The molecule has 0 spiro atoms. The molecule has 0 unspecified atom stereocenters. The molecule has 3 rings (SSSR count). The second-order valence-electron chi connectivity index (χ2n) is 6.05. The van der Waals surface area contributed by atoms with Crippen LogP contribution in [0, 0.1) is 0 Å². The number of hydrogen-bond acceptors (Lipinski definition) is 7. The Morgan fingerprint density at radius 2 is 2.04 bits per heavy atom. The van der Waals surface area contributed by atoms with E-state index in [2.05, 4.69) is 20.6 Å². The predicted octanol–water partition coefficient (Wildman–Crippen LogP) is 2.56. The first kappa shape index (κ1) is 18.8. The monoisotopic (exact) mass is 389 g/mol. The number of sulfone groups is 1. The van der Waals surface area contributed by atoms with Crippen LogP contribution in [-0.2, 0) is 9.84 Å². The Kier molecular flexibility index (Phi) is 5.08. The van der Waals surface area contributed by atoms with Crippen molar-refractivity contribution in [1.82, 2.24) is 20.0 Å². The Balaban J connectivity index is 1.81. The summed E-state index contributed by atoms with van der Waals surface area (Å²) >= 11 is 0.